The summed E-state index contributed by atoms with van der Waals surface area (Å²) in [5.74, 6) is 2.33. The van der Waals surface area contributed by atoms with Gasteiger partial charge in [-0.3, -0.25) is 0 Å². The monoisotopic (exact) mass is 300 g/mol. The van der Waals surface area contributed by atoms with Crippen LogP contribution in [0.15, 0.2) is 42.5 Å². The van der Waals surface area contributed by atoms with Gasteiger partial charge in [-0.2, -0.15) is 5.26 Å². The maximum Gasteiger partial charge on any atom is 0.122 e. The van der Waals surface area contributed by atoms with Crippen LogP contribution in [0, 0.1) is 11.3 Å². The SMILES string of the molecule is COc1cc(CSNc2ccc(C#N)cc2)cc(OC)c1. The van der Waals surface area contributed by atoms with E-state index in [9.17, 15) is 0 Å². The highest BCUT2D eigenvalue weighted by Crippen LogP contribution is 2.25. The van der Waals surface area contributed by atoms with Crippen LogP contribution in [0.4, 0.5) is 5.69 Å². The smallest absolute Gasteiger partial charge is 0.122 e. The summed E-state index contributed by atoms with van der Waals surface area (Å²) in [5.41, 5.74) is 2.73. The summed E-state index contributed by atoms with van der Waals surface area (Å²) >= 11 is 1.57. The molecule has 0 aliphatic carbocycles. The van der Waals surface area contributed by atoms with Crippen molar-refractivity contribution in [2.24, 2.45) is 0 Å². The average molecular weight is 300 g/mol. The van der Waals surface area contributed by atoms with E-state index in [1.165, 1.54) is 0 Å². The second-order valence-corrected chi connectivity index (χ2v) is 5.08. The third-order valence-corrected chi connectivity index (χ3v) is 3.71. The van der Waals surface area contributed by atoms with Crippen molar-refractivity contribution in [3.8, 4) is 17.6 Å². The number of methoxy groups -OCH3 is 2. The molecule has 0 fully saturated rings. The molecule has 0 atom stereocenters. The Hall–Kier alpha value is -2.32. The van der Waals surface area contributed by atoms with E-state index in [1.807, 2.05) is 30.3 Å². The van der Waals surface area contributed by atoms with Gasteiger partial charge in [0, 0.05) is 17.5 Å². The lowest BCUT2D eigenvalue weighted by molar-refractivity contribution is 0.393. The second-order valence-electron chi connectivity index (χ2n) is 4.30. The number of nitriles is 1. The summed E-state index contributed by atoms with van der Waals surface area (Å²) in [4.78, 5) is 0. The van der Waals surface area contributed by atoms with E-state index in [4.69, 9.17) is 14.7 Å². The van der Waals surface area contributed by atoms with E-state index in [2.05, 4.69) is 10.8 Å². The fourth-order valence-corrected chi connectivity index (χ4v) is 2.47. The molecule has 4 nitrogen and oxygen atoms in total. The highest BCUT2D eigenvalue weighted by Gasteiger charge is 2.02. The minimum Gasteiger partial charge on any atom is -0.497 e. The van der Waals surface area contributed by atoms with E-state index >= 15 is 0 Å². The predicted molar refractivity (Wildman–Crippen MR) is 85.6 cm³/mol. The summed E-state index contributed by atoms with van der Waals surface area (Å²) in [7, 11) is 3.28. The summed E-state index contributed by atoms with van der Waals surface area (Å²) in [5, 5.41) is 8.75. The molecule has 0 radical (unpaired) electrons. The molecule has 108 valence electrons. The first-order chi connectivity index (χ1) is 10.2. The quantitative estimate of drug-likeness (QED) is 0.822. The van der Waals surface area contributed by atoms with Crippen LogP contribution in [-0.4, -0.2) is 14.2 Å². The summed E-state index contributed by atoms with van der Waals surface area (Å²) < 4.78 is 13.7. The molecule has 2 aromatic carbocycles. The van der Waals surface area contributed by atoms with Gasteiger partial charge >= 0.3 is 0 Å². The van der Waals surface area contributed by atoms with Gasteiger partial charge in [-0.1, -0.05) is 0 Å². The number of hydrogen-bond acceptors (Lipinski definition) is 5. The summed E-state index contributed by atoms with van der Waals surface area (Å²) in [6, 6.07) is 15.3. The van der Waals surface area contributed by atoms with Crippen LogP contribution >= 0.6 is 11.9 Å². The molecule has 0 amide bonds. The molecular formula is C16H16N2O2S. The van der Waals surface area contributed by atoms with Gasteiger partial charge in [0.2, 0.25) is 0 Å². The molecule has 5 heteroatoms. The Morgan fingerprint density at radius 2 is 1.67 bits per heavy atom. The Kier molecular flexibility index (Phi) is 5.35. The summed E-state index contributed by atoms with van der Waals surface area (Å²) in [6.45, 7) is 0. The number of nitrogens with one attached hydrogen (secondary N) is 1. The van der Waals surface area contributed by atoms with Crippen LogP contribution in [0.2, 0.25) is 0 Å². The van der Waals surface area contributed by atoms with Gasteiger partial charge in [0.05, 0.1) is 25.9 Å². The maximum atomic E-state index is 8.75. The first-order valence-corrected chi connectivity index (χ1v) is 7.33. The number of rotatable bonds is 6. The fraction of sp³-hybridized carbons (Fsp3) is 0.188. The van der Waals surface area contributed by atoms with E-state index < -0.39 is 0 Å². The van der Waals surface area contributed by atoms with Crippen molar-refractivity contribution < 1.29 is 9.47 Å². The van der Waals surface area contributed by atoms with Gasteiger partial charge < -0.3 is 14.2 Å². The number of anilines is 1. The van der Waals surface area contributed by atoms with Crippen molar-refractivity contribution in [1.29, 1.82) is 5.26 Å². The van der Waals surface area contributed by atoms with Crippen molar-refractivity contribution in [2.45, 2.75) is 5.75 Å². The topological polar surface area (TPSA) is 54.3 Å². The van der Waals surface area contributed by atoms with Crippen LogP contribution in [-0.2, 0) is 5.75 Å². The van der Waals surface area contributed by atoms with Crippen LogP contribution < -0.4 is 14.2 Å². The first-order valence-electron chi connectivity index (χ1n) is 6.35. The van der Waals surface area contributed by atoms with Gasteiger partial charge in [-0.15, -0.1) is 0 Å². The fourth-order valence-electron chi connectivity index (χ4n) is 1.77. The Morgan fingerprint density at radius 3 is 2.19 bits per heavy atom. The van der Waals surface area contributed by atoms with Crippen LogP contribution in [0.1, 0.15) is 11.1 Å². The third-order valence-electron chi connectivity index (χ3n) is 2.85. The molecule has 2 rings (SSSR count). The van der Waals surface area contributed by atoms with E-state index in [1.54, 1.807) is 38.3 Å². The van der Waals surface area contributed by atoms with E-state index in [0.717, 1.165) is 28.5 Å². The average Bonchev–Trinajstić information content (AvgIpc) is 2.55. The zero-order valence-corrected chi connectivity index (χ0v) is 12.7. The standard InChI is InChI=1S/C16H16N2O2S/c1-19-15-7-13(8-16(9-15)20-2)11-21-18-14-5-3-12(10-17)4-6-14/h3-9,18H,11H2,1-2H3. The molecule has 0 bridgehead atoms. The molecule has 0 spiro atoms. The molecule has 1 N–H and O–H groups in total. The second kappa shape index (κ2) is 7.46. The minimum atomic E-state index is 0.656. The number of hydrogen-bond donors (Lipinski definition) is 1. The van der Waals surface area contributed by atoms with Crippen molar-refractivity contribution in [3.05, 3.63) is 53.6 Å². The molecule has 0 unspecified atom stereocenters. The van der Waals surface area contributed by atoms with Crippen LogP contribution in [0.25, 0.3) is 0 Å². The Labute approximate surface area is 128 Å². The van der Waals surface area contributed by atoms with E-state index in [-0.39, 0.29) is 0 Å². The maximum absolute atomic E-state index is 8.75. The Bertz CT molecular complexity index is 613. The zero-order valence-electron chi connectivity index (χ0n) is 11.9. The third kappa shape index (κ3) is 4.33. The molecule has 2 aromatic rings. The normalized spacial score (nSPS) is 9.76. The molecule has 0 aliphatic heterocycles. The molecule has 0 saturated heterocycles. The first kappa shape index (κ1) is 15.1. The number of ether oxygens (including phenoxy) is 2. The lowest BCUT2D eigenvalue weighted by Gasteiger charge is -2.09. The van der Waals surface area contributed by atoms with Gasteiger partial charge in [0.1, 0.15) is 11.5 Å². The Balaban J connectivity index is 1.94. The van der Waals surface area contributed by atoms with Gasteiger partial charge in [0.25, 0.3) is 0 Å². The van der Waals surface area contributed by atoms with Crippen LogP contribution in [0.3, 0.4) is 0 Å². The minimum absolute atomic E-state index is 0.656. The summed E-state index contributed by atoms with van der Waals surface area (Å²) in [6.07, 6.45) is 0. The lowest BCUT2D eigenvalue weighted by Crippen LogP contribution is -1.92. The van der Waals surface area contributed by atoms with Gasteiger partial charge in [-0.05, 0) is 53.9 Å². The number of benzene rings is 2. The molecule has 0 saturated carbocycles. The van der Waals surface area contributed by atoms with E-state index in [0.29, 0.717) is 5.56 Å². The molecule has 0 aliphatic rings. The van der Waals surface area contributed by atoms with Crippen molar-refractivity contribution in [2.75, 3.05) is 18.9 Å². The van der Waals surface area contributed by atoms with Gasteiger partial charge in [-0.25, -0.2) is 0 Å². The van der Waals surface area contributed by atoms with Gasteiger partial charge in [0.15, 0.2) is 0 Å². The largest absolute Gasteiger partial charge is 0.497 e. The molecule has 21 heavy (non-hydrogen) atoms. The van der Waals surface area contributed by atoms with Crippen molar-refractivity contribution in [3.63, 3.8) is 0 Å². The molecule has 0 aromatic heterocycles. The highest BCUT2D eigenvalue weighted by atomic mass is 32.2. The predicted octanol–water partition coefficient (Wildman–Crippen LogP) is 3.84. The van der Waals surface area contributed by atoms with Crippen molar-refractivity contribution in [1.82, 2.24) is 0 Å². The lowest BCUT2D eigenvalue weighted by atomic mass is 10.2. The molecule has 0 heterocycles. The van der Waals surface area contributed by atoms with Crippen molar-refractivity contribution >= 4 is 17.6 Å². The zero-order chi connectivity index (χ0) is 15.1. The van der Waals surface area contributed by atoms with Crippen LogP contribution in [0.5, 0.6) is 11.5 Å². The highest BCUT2D eigenvalue weighted by molar-refractivity contribution is 7.99. The number of nitrogens with zero attached hydrogens (tertiary/aromatic N) is 1. The Morgan fingerprint density at radius 1 is 1.05 bits per heavy atom. The molecular weight excluding hydrogens is 284 g/mol.